The Kier molecular flexibility index (Phi) is 6.07. The summed E-state index contributed by atoms with van der Waals surface area (Å²) in [6, 6.07) is 0.557. The maximum absolute atomic E-state index is 4.17. The molecule has 1 heterocycles. The van der Waals surface area contributed by atoms with Gasteiger partial charge in [0.15, 0.2) is 0 Å². The highest BCUT2D eigenvalue weighted by Gasteiger charge is 2.18. The lowest BCUT2D eigenvalue weighted by Gasteiger charge is -2.32. The summed E-state index contributed by atoms with van der Waals surface area (Å²) in [5.41, 5.74) is 1.32. The highest BCUT2D eigenvalue weighted by molar-refractivity contribution is 5.00. The zero-order chi connectivity index (χ0) is 12.0. The number of piperidine rings is 1. The lowest BCUT2D eigenvalue weighted by Crippen LogP contribution is -2.38. The molecule has 0 aromatic heterocycles. The predicted molar refractivity (Wildman–Crippen MR) is 71.7 cm³/mol. The minimum Gasteiger partial charge on any atom is -0.311 e. The topological polar surface area (TPSA) is 15.3 Å². The Hall–Kier alpha value is -0.340. The molecule has 1 atom stereocenters. The molecule has 0 radical (unpaired) electrons. The number of likely N-dealkylation sites (tertiary alicyclic amines) is 1. The molecule has 0 amide bonds. The van der Waals surface area contributed by atoms with Crippen LogP contribution in [0.2, 0.25) is 0 Å². The first-order valence-corrected chi connectivity index (χ1v) is 6.74. The van der Waals surface area contributed by atoms with Crippen molar-refractivity contribution < 1.29 is 0 Å². The van der Waals surface area contributed by atoms with Crippen molar-refractivity contribution in [2.75, 3.05) is 26.2 Å². The lowest BCUT2D eigenvalue weighted by molar-refractivity contribution is 0.183. The maximum Gasteiger partial charge on any atom is 0.0202 e. The SMILES string of the molecule is C=C(CNC(C)C)CN1CCCC(CC)C1. The summed E-state index contributed by atoms with van der Waals surface area (Å²) in [5, 5.41) is 3.43. The van der Waals surface area contributed by atoms with Crippen molar-refractivity contribution in [3.8, 4) is 0 Å². The molecule has 1 aliphatic heterocycles. The van der Waals surface area contributed by atoms with Gasteiger partial charge in [0, 0.05) is 25.7 Å². The zero-order valence-electron chi connectivity index (χ0n) is 11.3. The van der Waals surface area contributed by atoms with Crippen LogP contribution in [0.15, 0.2) is 12.2 Å². The third kappa shape index (κ3) is 5.13. The van der Waals surface area contributed by atoms with E-state index in [9.17, 15) is 0 Å². The van der Waals surface area contributed by atoms with Gasteiger partial charge in [-0.25, -0.2) is 0 Å². The Morgan fingerprint density at radius 3 is 2.88 bits per heavy atom. The molecule has 1 fully saturated rings. The molecule has 2 heteroatoms. The lowest BCUT2D eigenvalue weighted by atomic mass is 9.95. The molecule has 1 saturated heterocycles. The molecule has 1 N–H and O–H groups in total. The first kappa shape index (κ1) is 13.7. The van der Waals surface area contributed by atoms with Crippen molar-refractivity contribution in [3.63, 3.8) is 0 Å². The fourth-order valence-corrected chi connectivity index (χ4v) is 2.35. The van der Waals surface area contributed by atoms with E-state index < -0.39 is 0 Å². The molecular formula is C14H28N2. The molecule has 0 spiro atoms. The summed E-state index contributed by atoms with van der Waals surface area (Å²) in [6.45, 7) is 15.4. The van der Waals surface area contributed by atoms with Gasteiger partial charge in [0.1, 0.15) is 0 Å². The van der Waals surface area contributed by atoms with Crippen LogP contribution in [-0.2, 0) is 0 Å². The van der Waals surface area contributed by atoms with E-state index in [1.807, 2.05) is 0 Å². The van der Waals surface area contributed by atoms with E-state index in [1.54, 1.807) is 0 Å². The summed E-state index contributed by atoms with van der Waals surface area (Å²) in [4.78, 5) is 2.57. The van der Waals surface area contributed by atoms with Gasteiger partial charge in [-0.05, 0) is 30.9 Å². The van der Waals surface area contributed by atoms with E-state index in [0.717, 1.165) is 19.0 Å². The summed E-state index contributed by atoms with van der Waals surface area (Å²) in [5.74, 6) is 0.916. The Morgan fingerprint density at radius 1 is 1.50 bits per heavy atom. The van der Waals surface area contributed by atoms with Crippen LogP contribution in [0, 0.1) is 5.92 Å². The first-order chi connectivity index (χ1) is 7.61. The van der Waals surface area contributed by atoms with Crippen LogP contribution >= 0.6 is 0 Å². The van der Waals surface area contributed by atoms with Crippen molar-refractivity contribution in [1.82, 2.24) is 10.2 Å². The third-order valence-corrected chi connectivity index (χ3v) is 3.39. The van der Waals surface area contributed by atoms with Gasteiger partial charge in [-0.2, -0.15) is 0 Å². The van der Waals surface area contributed by atoms with E-state index in [1.165, 1.54) is 37.9 Å². The van der Waals surface area contributed by atoms with Crippen molar-refractivity contribution in [3.05, 3.63) is 12.2 Å². The second kappa shape index (κ2) is 7.08. The van der Waals surface area contributed by atoms with Gasteiger partial charge in [0.2, 0.25) is 0 Å². The van der Waals surface area contributed by atoms with E-state index in [4.69, 9.17) is 0 Å². The summed E-state index contributed by atoms with van der Waals surface area (Å²) < 4.78 is 0. The molecule has 0 aromatic rings. The third-order valence-electron chi connectivity index (χ3n) is 3.39. The Balaban J connectivity index is 2.22. The Morgan fingerprint density at radius 2 is 2.25 bits per heavy atom. The number of nitrogens with one attached hydrogen (secondary N) is 1. The summed E-state index contributed by atoms with van der Waals surface area (Å²) in [6.07, 6.45) is 4.11. The average Bonchev–Trinajstić information content (AvgIpc) is 2.26. The Bertz CT molecular complexity index is 211. The van der Waals surface area contributed by atoms with Crippen LogP contribution < -0.4 is 5.32 Å². The van der Waals surface area contributed by atoms with Gasteiger partial charge in [-0.15, -0.1) is 0 Å². The van der Waals surface area contributed by atoms with Crippen LogP contribution in [0.1, 0.15) is 40.0 Å². The molecule has 0 aromatic carbocycles. The fourth-order valence-electron chi connectivity index (χ4n) is 2.35. The second-order valence-electron chi connectivity index (χ2n) is 5.44. The minimum absolute atomic E-state index is 0.557. The molecule has 1 rings (SSSR count). The monoisotopic (exact) mass is 224 g/mol. The molecule has 0 saturated carbocycles. The van der Waals surface area contributed by atoms with E-state index in [2.05, 4.69) is 37.6 Å². The highest BCUT2D eigenvalue weighted by atomic mass is 15.1. The first-order valence-electron chi connectivity index (χ1n) is 6.74. The van der Waals surface area contributed by atoms with Gasteiger partial charge in [-0.1, -0.05) is 33.8 Å². The molecule has 16 heavy (non-hydrogen) atoms. The smallest absolute Gasteiger partial charge is 0.0202 e. The number of nitrogens with zero attached hydrogens (tertiary/aromatic N) is 1. The van der Waals surface area contributed by atoms with Crippen LogP contribution in [0.25, 0.3) is 0 Å². The van der Waals surface area contributed by atoms with Crippen LogP contribution in [0.3, 0.4) is 0 Å². The van der Waals surface area contributed by atoms with Gasteiger partial charge in [0.05, 0.1) is 0 Å². The van der Waals surface area contributed by atoms with E-state index in [-0.39, 0.29) is 0 Å². The Labute approximate surface area is 101 Å². The van der Waals surface area contributed by atoms with E-state index in [0.29, 0.717) is 6.04 Å². The van der Waals surface area contributed by atoms with E-state index >= 15 is 0 Å². The zero-order valence-corrected chi connectivity index (χ0v) is 11.3. The minimum atomic E-state index is 0.557. The highest BCUT2D eigenvalue weighted by Crippen LogP contribution is 2.19. The molecular weight excluding hydrogens is 196 g/mol. The van der Waals surface area contributed by atoms with Gasteiger partial charge < -0.3 is 5.32 Å². The average molecular weight is 224 g/mol. The second-order valence-corrected chi connectivity index (χ2v) is 5.44. The molecule has 1 aliphatic rings. The van der Waals surface area contributed by atoms with Crippen LogP contribution in [0.5, 0.6) is 0 Å². The van der Waals surface area contributed by atoms with Crippen LogP contribution in [-0.4, -0.2) is 37.1 Å². The summed E-state index contributed by atoms with van der Waals surface area (Å²) in [7, 11) is 0. The maximum atomic E-state index is 4.17. The normalized spacial score (nSPS) is 22.6. The van der Waals surface area contributed by atoms with Crippen molar-refractivity contribution in [1.29, 1.82) is 0 Å². The quantitative estimate of drug-likeness (QED) is 0.698. The molecule has 2 nitrogen and oxygen atoms in total. The largest absolute Gasteiger partial charge is 0.311 e. The van der Waals surface area contributed by atoms with Gasteiger partial charge in [0.25, 0.3) is 0 Å². The predicted octanol–water partition coefficient (Wildman–Crippen LogP) is 2.66. The van der Waals surface area contributed by atoms with Gasteiger partial charge >= 0.3 is 0 Å². The van der Waals surface area contributed by atoms with Crippen molar-refractivity contribution in [2.24, 2.45) is 5.92 Å². The molecule has 0 bridgehead atoms. The van der Waals surface area contributed by atoms with Crippen molar-refractivity contribution >= 4 is 0 Å². The number of rotatable bonds is 6. The fraction of sp³-hybridized carbons (Fsp3) is 0.857. The molecule has 0 aliphatic carbocycles. The number of hydrogen-bond acceptors (Lipinski definition) is 2. The van der Waals surface area contributed by atoms with Crippen LogP contribution in [0.4, 0.5) is 0 Å². The molecule has 1 unspecified atom stereocenters. The number of hydrogen-bond donors (Lipinski definition) is 1. The standard InChI is InChI=1S/C14H28N2/c1-5-14-7-6-8-16(11-14)10-13(4)9-15-12(2)3/h12,14-15H,4-11H2,1-3H3. The summed E-state index contributed by atoms with van der Waals surface area (Å²) >= 11 is 0. The van der Waals surface area contributed by atoms with Crippen molar-refractivity contribution in [2.45, 2.75) is 46.1 Å². The molecule has 94 valence electrons. The van der Waals surface area contributed by atoms with Gasteiger partial charge in [-0.3, -0.25) is 4.90 Å².